The highest BCUT2D eigenvalue weighted by molar-refractivity contribution is 7.71. The molecule has 8 nitrogen and oxygen atoms in total. The number of tetrazole rings is 1. The highest BCUT2D eigenvalue weighted by atomic mass is 35.5. The fraction of sp³-hybridized carbons (Fsp3) is 0.167. The van der Waals surface area contributed by atoms with Gasteiger partial charge in [0.2, 0.25) is 11.7 Å². The standard InChI is InChI=1S/C18H15ClN6O2S/c19-14-8-6-12(7-9-14)15(26-11-16-20-22-18(28)27-16)10-25-23-17(21-24-25)13-4-2-1-3-5-13/h1-9,15H,10-11H2,(H,22,28). The highest BCUT2D eigenvalue weighted by Crippen LogP contribution is 2.23. The van der Waals surface area contributed by atoms with Gasteiger partial charge in [-0.05, 0) is 35.1 Å². The fourth-order valence-electron chi connectivity index (χ4n) is 2.60. The number of nitrogens with one attached hydrogen (secondary N) is 1. The van der Waals surface area contributed by atoms with Crippen molar-refractivity contribution in [2.24, 2.45) is 0 Å². The van der Waals surface area contributed by atoms with E-state index >= 15 is 0 Å². The maximum absolute atomic E-state index is 6.00. The number of hydrogen-bond donors (Lipinski definition) is 1. The van der Waals surface area contributed by atoms with Gasteiger partial charge < -0.3 is 9.15 Å². The lowest BCUT2D eigenvalue weighted by Crippen LogP contribution is -2.15. The van der Waals surface area contributed by atoms with E-state index in [2.05, 4.69) is 25.6 Å². The first kappa shape index (κ1) is 18.5. The van der Waals surface area contributed by atoms with E-state index in [1.54, 1.807) is 12.1 Å². The minimum Gasteiger partial charge on any atom is -0.412 e. The van der Waals surface area contributed by atoms with Crippen LogP contribution in [0.25, 0.3) is 11.4 Å². The normalized spacial score (nSPS) is 12.2. The number of H-pyrrole nitrogens is 1. The summed E-state index contributed by atoms with van der Waals surface area (Å²) < 4.78 is 11.2. The average Bonchev–Trinajstić information content (AvgIpc) is 3.35. The first-order chi connectivity index (χ1) is 13.7. The molecule has 0 saturated heterocycles. The summed E-state index contributed by atoms with van der Waals surface area (Å²) in [6, 6.07) is 17.0. The number of hydrogen-bond acceptors (Lipinski definition) is 7. The van der Waals surface area contributed by atoms with Crippen LogP contribution < -0.4 is 0 Å². The minimum absolute atomic E-state index is 0.140. The molecule has 0 aliphatic rings. The number of aromatic nitrogens is 6. The molecule has 0 fully saturated rings. The molecule has 1 atom stereocenters. The molecule has 0 radical (unpaired) electrons. The third kappa shape index (κ3) is 4.50. The van der Waals surface area contributed by atoms with Crippen molar-refractivity contribution in [2.75, 3.05) is 0 Å². The van der Waals surface area contributed by atoms with E-state index < -0.39 is 0 Å². The predicted octanol–water partition coefficient (Wildman–Crippen LogP) is 4.00. The number of rotatable bonds is 7. The van der Waals surface area contributed by atoms with Gasteiger partial charge in [-0.3, -0.25) is 0 Å². The molecule has 0 aliphatic heterocycles. The lowest BCUT2D eigenvalue weighted by molar-refractivity contribution is 0.0115. The summed E-state index contributed by atoms with van der Waals surface area (Å²) in [6.07, 6.45) is -0.365. The molecule has 2 aromatic heterocycles. The van der Waals surface area contributed by atoms with Crippen LogP contribution in [0.4, 0.5) is 0 Å². The van der Waals surface area contributed by atoms with Gasteiger partial charge in [0.15, 0.2) is 0 Å². The predicted molar refractivity (Wildman–Crippen MR) is 104 cm³/mol. The van der Waals surface area contributed by atoms with Gasteiger partial charge in [0, 0.05) is 10.6 Å². The van der Waals surface area contributed by atoms with Gasteiger partial charge in [-0.2, -0.15) is 4.80 Å². The third-order valence-electron chi connectivity index (χ3n) is 3.95. The second-order valence-corrected chi connectivity index (χ2v) is 6.70. The van der Waals surface area contributed by atoms with Crippen LogP contribution in [0.3, 0.4) is 0 Å². The highest BCUT2D eigenvalue weighted by Gasteiger charge is 2.17. The maximum Gasteiger partial charge on any atom is 0.284 e. The van der Waals surface area contributed by atoms with E-state index in [1.807, 2.05) is 42.5 Å². The molecule has 0 amide bonds. The average molecular weight is 415 g/mol. The largest absolute Gasteiger partial charge is 0.412 e. The van der Waals surface area contributed by atoms with Gasteiger partial charge in [-0.25, -0.2) is 5.10 Å². The Morgan fingerprint density at radius 2 is 1.93 bits per heavy atom. The Morgan fingerprint density at radius 1 is 1.14 bits per heavy atom. The molecule has 2 heterocycles. The van der Waals surface area contributed by atoms with E-state index in [0.29, 0.717) is 23.3 Å². The molecule has 2 aromatic carbocycles. The zero-order valence-electron chi connectivity index (χ0n) is 14.5. The number of benzene rings is 2. The Hall–Kier alpha value is -2.88. The van der Waals surface area contributed by atoms with E-state index in [1.165, 1.54) is 4.80 Å². The molecule has 0 spiro atoms. The van der Waals surface area contributed by atoms with Crippen LogP contribution in [0.1, 0.15) is 17.6 Å². The van der Waals surface area contributed by atoms with Crippen LogP contribution in [0.5, 0.6) is 0 Å². The van der Waals surface area contributed by atoms with Crippen LogP contribution in [0, 0.1) is 4.84 Å². The van der Waals surface area contributed by atoms with E-state index in [9.17, 15) is 0 Å². The van der Waals surface area contributed by atoms with Crippen molar-refractivity contribution >= 4 is 23.8 Å². The zero-order chi connectivity index (χ0) is 19.3. The SMILES string of the molecule is S=c1[nH]nc(COC(Cn2nnc(-c3ccccc3)n2)c2ccc(Cl)cc2)o1. The van der Waals surface area contributed by atoms with Gasteiger partial charge in [0.1, 0.15) is 12.7 Å². The Balaban J connectivity index is 1.54. The van der Waals surface area contributed by atoms with E-state index in [4.69, 9.17) is 33.0 Å². The molecule has 0 saturated carbocycles. The van der Waals surface area contributed by atoms with Crippen molar-refractivity contribution in [2.45, 2.75) is 19.3 Å². The van der Waals surface area contributed by atoms with Crippen LogP contribution in [0.15, 0.2) is 59.0 Å². The number of ether oxygens (including phenoxy) is 1. The van der Waals surface area contributed by atoms with Crippen LogP contribution >= 0.6 is 23.8 Å². The molecule has 4 rings (SSSR count). The maximum atomic E-state index is 6.00. The lowest BCUT2D eigenvalue weighted by Gasteiger charge is -2.16. The Morgan fingerprint density at radius 3 is 2.64 bits per heavy atom. The van der Waals surface area contributed by atoms with Gasteiger partial charge in [0.25, 0.3) is 4.84 Å². The van der Waals surface area contributed by atoms with Crippen molar-refractivity contribution in [1.29, 1.82) is 0 Å². The zero-order valence-corrected chi connectivity index (χ0v) is 16.1. The number of nitrogens with zero attached hydrogens (tertiary/aromatic N) is 5. The second-order valence-electron chi connectivity index (χ2n) is 5.89. The second kappa shape index (κ2) is 8.42. The first-order valence-corrected chi connectivity index (χ1v) is 9.21. The molecule has 1 unspecified atom stereocenters. The molecule has 142 valence electrons. The monoisotopic (exact) mass is 414 g/mol. The van der Waals surface area contributed by atoms with Gasteiger partial charge >= 0.3 is 0 Å². The number of halogens is 1. The van der Waals surface area contributed by atoms with Gasteiger partial charge in [-0.15, -0.1) is 15.3 Å². The summed E-state index contributed by atoms with van der Waals surface area (Å²) in [6.45, 7) is 0.493. The van der Waals surface area contributed by atoms with E-state index in [-0.39, 0.29) is 17.5 Å². The topological polar surface area (TPSA) is 94.7 Å². The molecule has 10 heteroatoms. The molecule has 28 heavy (non-hydrogen) atoms. The van der Waals surface area contributed by atoms with Crippen molar-refractivity contribution in [3.05, 3.63) is 75.9 Å². The van der Waals surface area contributed by atoms with Crippen molar-refractivity contribution in [1.82, 2.24) is 30.4 Å². The molecule has 1 N–H and O–H groups in total. The number of aromatic amines is 1. The molecule has 0 aliphatic carbocycles. The summed E-state index contributed by atoms with van der Waals surface area (Å²) in [5, 5.41) is 19.9. The first-order valence-electron chi connectivity index (χ1n) is 8.42. The van der Waals surface area contributed by atoms with Crippen molar-refractivity contribution in [3.63, 3.8) is 0 Å². The van der Waals surface area contributed by atoms with Gasteiger partial charge in [0.05, 0.1) is 6.54 Å². The van der Waals surface area contributed by atoms with Gasteiger partial charge in [-0.1, -0.05) is 54.1 Å². The summed E-state index contributed by atoms with van der Waals surface area (Å²) in [5.74, 6) is 0.911. The van der Waals surface area contributed by atoms with Crippen molar-refractivity contribution in [3.8, 4) is 11.4 Å². The third-order valence-corrected chi connectivity index (χ3v) is 4.37. The summed E-state index contributed by atoms with van der Waals surface area (Å²) in [4.78, 5) is 1.70. The molecule has 0 bridgehead atoms. The quantitative estimate of drug-likeness (QED) is 0.456. The van der Waals surface area contributed by atoms with Crippen LogP contribution in [0.2, 0.25) is 5.02 Å². The molecular formula is C18H15ClN6O2S. The smallest absolute Gasteiger partial charge is 0.284 e. The van der Waals surface area contributed by atoms with Crippen LogP contribution in [-0.4, -0.2) is 30.4 Å². The summed E-state index contributed by atoms with van der Waals surface area (Å²) >= 11 is 10.9. The fourth-order valence-corrected chi connectivity index (χ4v) is 2.87. The Bertz CT molecular complexity index is 1090. The minimum atomic E-state index is -0.365. The van der Waals surface area contributed by atoms with Crippen molar-refractivity contribution < 1.29 is 9.15 Å². The molecule has 4 aromatic rings. The Kier molecular flexibility index (Phi) is 5.56. The summed E-state index contributed by atoms with van der Waals surface area (Å²) in [7, 11) is 0. The van der Waals surface area contributed by atoms with Crippen LogP contribution in [-0.2, 0) is 17.9 Å². The Labute approximate surface area is 170 Å². The molecular weight excluding hydrogens is 400 g/mol. The lowest BCUT2D eigenvalue weighted by atomic mass is 10.1. The summed E-state index contributed by atoms with van der Waals surface area (Å²) in [5.41, 5.74) is 1.81. The van der Waals surface area contributed by atoms with E-state index in [0.717, 1.165) is 11.1 Å².